The number of carbonyl (C=O) groups excluding carboxylic acids is 2. The highest BCUT2D eigenvalue weighted by atomic mass is 32.2. The van der Waals surface area contributed by atoms with E-state index < -0.39 is 24.3 Å². The molecule has 3 aromatic carbocycles. The second kappa shape index (κ2) is 29.4. The summed E-state index contributed by atoms with van der Waals surface area (Å²) in [7, 11) is 0. The third-order valence-electron chi connectivity index (χ3n) is 8.91. The van der Waals surface area contributed by atoms with E-state index in [4.69, 9.17) is 16.6 Å². The van der Waals surface area contributed by atoms with Crippen LogP contribution in [0, 0.1) is 0 Å². The van der Waals surface area contributed by atoms with Gasteiger partial charge in [-0.1, -0.05) is 136 Å². The van der Waals surface area contributed by atoms with Crippen LogP contribution in [0.25, 0.3) is 0 Å². The van der Waals surface area contributed by atoms with Gasteiger partial charge in [0.2, 0.25) is 32.3 Å². The molecule has 25 heteroatoms. The molecule has 10 N–H and O–H groups in total. The van der Waals surface area contributed by atoms with E-state index in [0.29, 0.717) is 50.1 Å². The van der Waals surface area contributed by atoms with E-state index >= 15 is 0 Å². The SMILES string of the molecule is Nc1nnc(CCSCCc2nnc(N)s2)s1.O=C(C[C@@H](O)c1ccccc1)Nc1nnc(CCSCCc2nnc(NC(=O)C[C@@H](O)c3ccccc3)s2)s1.O=C(O)C[C@@H](O)c1ccccc1. The smallest absolute Gasteiger partial charge is 0.306 e. The molecule has 7 aromatic rings. The van der Waals surface area contributed by atoms with Crippen molar-refractivity contribution in [2.75, 3.05) is 45.1 Å². The predicted molar refractivity (Wildman–Crippen MR) is 271 cm³/mol. The van der Waals surface area contributed by atoms with Crippen molar-refractivity contribution in [3.05, 3.63) is 128 Å². The molecule has 0 aliphatic rings. The predicted octanol–water partition coefficient (Wildman–Crippen LogP) is 6.30. The van der Waals surface area contributed by atoms with Gasteiger partial charge in [-0.15, -0.1) is 40.8 Å². The third-order valence-corrected chi connectivity index (χ3v) is 14.3. The maximum atomic E-state index is 12.2. The number of nitrogen functional groups attached to an aromatic ring is 2. The molecule has 0 bridgehead atoms. The normalized spacial score (nSPS) is 12.1. The monoisotopic (exact) mass is 1040 g/mol. The molecule has 0 aliphatic heterocycles. The zero-order valence-corrected chi connectivity index (χ0v) is 41.3. The first-order valence-electron chi connectivity index (χ1n) is 20.9. The number of carboxylic acid groups (broad SMARTS) is 1. The fourth-order valence-electron chi connectivity index (χ4n) is 5.62. The van der Waals surface area contributed by atoms with Crippen LogP contribution in [0.1, 0.15) is 74.3 Å². The van der Waals surface area contributed by atoms with E-state index in [9.17, 15) is 29.7 Å². The van der Waals surface area contributed by atoms with E-state index in [1.54, 1.807) is 60.3 Å². The Labute approximate surface area is 416 Å². The Morgan fingerprint density at radius 2 is 0.779 bits per heavy atom. The molecule has 0 unspecified atom stereocenters. The molecule has 4 aromatic heterocycles. The lowest BCUT2D eigenvalue weighted by molar-refractivity contribution is -0.139. The van der Waals surface area contributed by atoms with Crippen molar-refractivity contribution in [3.63, 3.8) is 0 Å². The first-order valence-corrected chi connectivity index (χ1v) is 26.4. The zero-order valence-electron chi connectivity index (χ0n) is 36.4. The van der Waals surface area contributed by atoms with Crippen LogP contribution in [0.4, 0.5) is 20.5 Å². The second-order valence-electron chi connectivity index (χ2n) is 14.2. The number of hydrogen-bond donors (Lipinski definition) is 8. The van der Waals surface area contributed by atoms with Gasteiger partial charge in [-0.3, -0.25) is 14.4 Å². The second-order valence-corrected chi connectivity index (χ2v) is 20.9. The van der Waals surface area contributed by atoms with Crippen molar-refractivity contribution in [2.45, 2.75) is 63.3 Å². The number of aliphatic hydroxyl groups is 3. The Bertz CT molecular complexity index is 2410. The third kappa shape index (κ3) is 20.4. The van der Waals surface area contributed by atoms with Crippen LogP contribution < -0.4 is 22.1 Å². The number of nitrogens with zero attached hydrogens (tertiary/aromatic N) is 8. The summed E-state index contributed by atoms with van der Waals surface area (Å²) >= 11 is 9.14. The van der Waals surface area contributed by atoms with Crippen LogP contribution in [0.5, 0.6) is 0 Å². The Kier molecular flexibility index (Phi) is 23.1. The maximum Gasteiger partial charge on any atom is 0.306 e. The summed E-state index contributed by atoms with van der Waals surface area (Å²) in [4.78, 5) is 34.7. The maximum absolute atomic E-state index is 12.2. The number of carbonyl (C=O) groups is 3. The molecule has 0 saturated carbocycles. The van der Waals surface area contributed by atoms with Gasteiger partial charge in [0, 0.05) is 25.7 Å². The fourth-order valence-corrected chi connectivity index (χ4v) is 10.6. The molecule has 7 rings (SSSR count). The summed E-state index contributed by atoms with van der Waals surface area (Å²) in [5.41, 5.74) is 13.0. The molecule has 68 heavy (non-hydrogen) atoms. The average molecular weight is 1040 g/mol. The minimum absolute atomic E-state index is 0.0541. The fraction of sp³-hybridized carbons (Fsp3) is 0.326. The van der Waals surface area contributed by atoms with E-state index in [1.807, 2.05) is 54.2 Å². The zero-order chi connectivity index (χ0) is 48.5. The summed E-state index contributed by atoms with van der Waals surface area (Å²) < 4.78 is 0. The number of hydrogen-bond acceptors (Lipinski definition) is 22. The van der Waals surface area contributed by atoms with Crippen LogP contribution in [-0.4, -0.2) is 102 Å². The Morgan fingerprint density at radius 1 is 0.471 bits per heavy atom. The molecule has 2 amide bonds. The number of aliphatic hydroxyl groups excluding tert-OH is 3. The van der Waals surface area contributed by atoms with E-state index in [-0.39, 0.29) is 31.1 Å². The van der Waals surface area contributed by atoms with Crippen LogP contribution in [0.15, 0.2) is 91.0 Å². The molecule has 0 spiro atoms. The molecule has 0 aliphatic carbocycles. The minimum Gasteiger partial charge on any atom is -0.481 e. The number of nitrogens with one attached hydrogen (secondary N) is 2. The van der Waals surface area contributed by atoms with Crippen LogP contribution >= 0.6 is 68.9 Å². The Morgan fingerprint density at radius 3 is 1.09 bits per heavy atom. The van der Waals surface area contributed by atoms with Crippen molar-refractivity contribution < 1.29 is 34.8 Å². The number of aryl methyl sites for hydroxylation is 4. The van der Waals surface area contributed by atoms with Crippen molar-refractivity contribution >= 4 is 107 Å². The van der Waals surface area contributed by atoms with Gasteiger partial charge in [0.1, 0.15) is 20.0 Å². The Balaban J connectivity index is 0.000000242. The molecular formula is C43H50N12O7S6. The highest BCUT2D eigenvalue weighted by molar-refractivity contribution is 7.99. The van der Waals surface area contributed by atoms with Crippen molar-refractivity contribution in [3.8, 4) is 0 Å². The standard InChI is InChI=1S/C26H28N6O4S3.C9H10O3.C8H12N6S3/c33-19(17-7-3-1-4-8-17)15-21(35)27-25-31-29-23(38-25)11-13-37-14-12-24-30-32-26(39-24)28-22(36)16-20(34)18-9-5-2-6-10-18;10-8(6-9(11)12)7-4-2-1-3-5-7;9-7-13-11-5(16-7)1-3-15-4-2-6-12-14-8(10)17-6/h1-10,19-20,33-34H,11-16H2,(H,27,31,35)(H,28,32,36);1-5,8,10H,6H2,(H,11,12);1-4H2,(H2,9,13)(H2,10,14)/t19-,20-;8-;/m11./s1. The first kappa shape index (κ1) is 53.4. The van der Waals surface area contributed by atoms with Gasteiger partial charge in [-0.2, -0.15) is 23.5 Å². The van der Waals surface area contributed by atoms with Gasteiger partial charge in [0.15, 0.2) is 0 Å². The quantitative estimate of drug-likeness (QED) is 0.0326. The lowest BCUT2D eigenvalue weighted by Gasteiger charge is -2.09. The number of thioether (sulfide) groups is 2. The first-order chi connectivity index (χ1) is 32.9. The number of amides is 2. The van der Waals surface area contributed by atoms with Gasteiger partial charge < -0.3 is 42.5 Å². The number of anilines is 4. The molecule has 19 nitrogen and oxygen atoms in total. The molecule has 0 radical (unpaired) electrons. The Hall–Kier alpha value is -5.51. The molecular weight excluding hydrogens is 989 g/mol. The highest BCUT2D eigenvalue weighted by Gasteiger charge is 2.17. The largest absolute Gasteiger partial charge is 0.481 e. The van der Waals surface area contributed by atoms with Crippen molar-refractivity contribution in [1.82, 2.24) is 40.8 Å². The number of benzene rings is 3. The number of aromatic nitrogens is 8. The highest BCUT2D eigenvalue weighted by Crippen LogP contribution is 2.23. The summed E-state index contributed by atoms with van der Waals surface area (Å²) in [5.74, 6) is 2.06. The summed E-state index contributed by atoms with van der Waals surface area (Å²) in [6.07, 6.45) is 0.259. The summed E-state index contributed by atoms with van der Waals surface area (Å²) in [6.45, 7) is 0. The lowest BCUT2D eigenvalue weighted by atomic mass is 10.1. The van der Waals surface area contributed by atoms with E-state index in [0.717, 1.165) is 55.9 Å². The number of rotatable bonds is 23. The molecule has 360 valence electrons. The molecule has 4 heterocycles. The summed E-state index contributed by atoms with van der Waals surface area (Å²) in [5, 5.41) is 80.8. The van der Waals surface area contributed by atoms with Gasteiger partial charge in [-0.25, -0.2) is 0 Å². The number of aliphatic carboxylic acids is 1. The number of carboxylic acids is 1. The van der Waals surface area contributed by atoms with Gasteiger partial charge in [0.05, 0.1) is 37.6 Å². The molecule has 0 saturated heterocycles. The minimum atomic E-state index is -0.994. The van der Waals surface area contributed by atoms with E-state index in [2.05, 4.69) is 51.4 Å². The van der Waals surface area contributed by atoms with Gasteiger partial charge in [-0.05, 0) is 39.7 Å². The average Bonchev–Trinajstić information content (AvgIpc) is 4.17. The number of nitrogens with two attached hydrogens (primary N) is 2. The van der Waals surface area contributed by atoms with Crippen molar-refractivity contribution in [1.29, 1.82) is 0 Å². The van der Waals surface area contributed by atoms with Gasteiger partial charge in [0.25, 0.3) is 0 Å². The van der Waals surface area contributed by atoms with Crippen LogP contribution in [0.3, 0.4) is 0 Å². The molecule has 0 fully saturated rings. The lowest BCUT2D eigenvalue weighted by Crippen LogP contribution is -2.15. The topological polar surface area (TPSA) is 311 Å². The van der Waals surface area contributed by atoms with Crippen LogP contribution in [0.2, 0.25) is 0 Å². The van der Waals surface area contributed by atoms with Gasteiger partial charge >= 0.3 is 5.97 Å². The summed E-state index contributed by atoms with van der Waals surface area (Å²) in [6, 6.07) is 26.8. The molecule has 3 atom stereocenters. The van der Waals surface area contributed by atoms with Crippen molar-refractivity contribution in [2.24, 2.45) is 0 Å². The van der Waals surface area contributed by atoms with E-state index in [1.165, 1.54) is 45.3 Å². The van der Waals surface area contributed by atoms with Crippen LogP contribution in [-0.2, 0) is 40.1 Å².